The SMILES string of the molecule is COc1cc(N)c(I)cc1C(=O)NC1(C)CCN(CCCc2ccc(F)cc2)CC1. The van der Waals surface area contributed by atoms with Gasteiger partial charge in [0.1, 0.15) is 11.6 Å². The average Bonchev–Trinajstić information content (AvgIpc) is 2.72. The van der Waals surface area contributed by atoms with E-state index in [0.29, 0.717) is 17.0 Å². The van der Waals surface area contributed by atoms with Gasteiger partial charge in [-0.05, 0) is 85.5 Å². The zero-order chi connectivity index (χ0) is 21.7. The molecule has 1 aliphatic heterocycles. The van der Waals surface area contributed by atoms with E-state index in [0.717, 1.165) is 54.5 Å². The minimum absolute atomic E-state index is 0.128. The van der Waals surface area contributed by atoms with Gasteiger partial charge >= 0.3 is 0 Å². The molecular formula is C23H29FIN3O2. The number of ether oxygens (including phenoxy) is 1. The lowest BCUT2D eigenvalue weighted by Crippen LogP contribution is -2.53. The Balaban J connectivity index is 1.50. The first-order valence-electron chi connectivity index (χ1n) is 10.2. The summed E-state index contributed by atoms with van der Waals surface area (Å²) in [5.74, 6) is 0.173. The number of halogens is 2. The zero-order valence-corrected chi connectivity index (χ0v) is 19.7. The molecule has 0 saturated carbocycles. The van der Waals surface area contributed by atoms with E-state index in [1.54, 1.807) is 19.2 Å². The molecule has 3 rings (SSSR count). The summed E-state index contributed by atoms with van der Waals surface area (Å²) in [6, 6.07) is 10.2. The second-order valence-corrected chi connectivity index (χ2v) is 9.32. The molecule has 0 aliphatic carbocycles. The van der Waals surface area contributed by atoms with Crippen molar-refractivity contribution in [3.05, 3.63) is 56.9 Å². The highest BCUT2D eigenvalue weighted by atomic mass is 127. The Morgan fingerprint density at radius 3 is 2.57 bits per heavy atom. The molecule has 7 heteroatoms. The molecule has 0 spiro atoms. The van der Waals surface area contributed by atoms with Crippen LogP contribution in [-0.4, -0.2) is 43.1 Å². The fraction of sp³-hybridized carbons (Fsp3) is 0.435. The number of nitrogens with two attached hydrogens (primary N) is 1. The molecule has 0 aromatic heterocycles. The van der Waals surface area contributed by atoms with Crippen LogP contribution in [0, 0.1) is 9.39 Å². The Hall–Kier alpha value is -1.87. The maximum Gasteiger partial charge on any atom is 0.255 e. The summed E-state index contributed by atoms with van der Waals surface area (Å²) in [6.07, 6.45) is 3.77. The van der Waals surface area contributed by atoms with Gasteiger partial charge in [-0.15, -0.1) is 0 Å². The summed E-state index contributed by atoms with van der Waals surface area (Å²) < 4.78 is 19.2. The van der Waals surface area contributed by atoms with Gasteiger partial charge in [0.25, 0.3) is 5.91 Å². The first-order chi connectivity index (χ1) is 14.3. The Morgan fingerprint density at radius 2 is 1.93 bits per heavy atom. The normalized spacial score (nSPS) is 16.3. The molecule has 0 atom stereocenters. The number of likely N-dealkylation sites (tertiary alicyclic amines) is 1. The molecule has 5 nitrogen and oxygen atoms in total. The number of hydrogen-bond donors (Lipinski definition) is 2. The first-order valence-corrected chi connectivity index (χ1v) is 11.3. The number of hydrogen-bond acceptors (Lipinski definition) is 4. The molecule has 1 aliphatic rings. The molecule has 2 aromatic rings. The van der Waals surface area contributed by atoms with Crippen LogP contribution >= 0.6 is 22.6 Å². The number of piperidine rings is 1. The summed E-state index contributed by atoms with van der Waals surface area (Å²) in [4.78, 5) is 15.4. The molecule has 3 N–H and O–H groups in total. The van der Waals surface area contributed by atoms with E-state index in [4.69, 9.17) is 10.5 Å². The highest BCUT2D eigenvalue weighted by Gasteiger charge is 2.32. The molecule has 1 saturated heterocycles. The van der Waals surface area contributed by atoms with Crippen molar-refractivity contribution in [2.24, 2.45) is 0 Å². The van der Waals surface area contributed by atoms with Crippen LogP contribution in [0.1, 0.15) is 42.1 Å². The molecule has 2 aromatic carbocycles. The van der Waals surface area contributed by atoms with Crippen LogP contribution < -0.4 is 15.8 Å². The lowest BCUT2D eigenvalue weighted by atomic mass is 9.89. The Labute approximate surface area is 191 Å². The van der Waals surface area contributed by atoms with Crippen LogP contribution in [0.5, 0.6) is 5.75 Å². The number of amides is 1. The minimum atomic E-state index is -0.248. The van der Waals surface area contributed by atoms with Crippen LogP contribution in [0.15, 0.2) is 36.4 Å². The van der Waals surface area contributed by atoms with E-state index >= 15 is 0 Å². The average molecular weight is 525 g/mol. The van der Waals surface area contributed by atoms with Crippen LogP contribution in [0.3, 0.4) is 0 Å². The molecule has 0 bridgehead atoms. The molecule has 162 valence electrons. The second-order valence-electron chi connectivity index (χ2n) is 8.16. The number of carbonyl (C=O) groups is 1. The lowest BCUT2D eigenvalue weighted by Gasteiger charge is -2.40. The van der Waals surface area contributed by atoms with Crippen molar-refractivity contribution in [2.75, 3.05) is 32.5 Å². The van der Waals surface area contributed by atoms with Crippen LogP contribution in [0.25, 0.3) is 0 Å². The van der Waals surface area contributed by atoms with Crippen LogP contribution in [0.4, 0.5) is 10.1 Å². The molecule has 1 fully saturated rings. The fourth-order valence-corrected chi connectivity index (χ4v) is 4.28. The number of benzene rings is 2. The topological polar surface area (TPSA) is 67.6 Å². The third kappa shape index (κ3) is 5.85. The number of rotatable bonds is 7. The van der Waals surface area contributed by atoms with Gasteiger partial charge in [-0.2, -0.15) is 0 Å². The predicted molar refractivity (Wildman–Crippen MR) is 126 cm³/mol. The van der Waals surface area contributed by atoms with Gasteiger partial charge in [0.2, 0.25) is 0 Å². The Morgan fingerprint density at radius 1 is 1.27 bits per heavy atom. The van der Waals surface area contributed by atoms with Gasteiger partial charge in [-0.25, -0.2) is 4.39 Å². The highest BCUT2D eigenvalue weighted by Crippen LogP contribution is 2.28. The number of aryl methyl sites for hydroxylation is 1. The smallest absolute Gasteiger partial charge is 0.255 e. The molecule has 0 unspecified atom stereocenters. The lowest BCUT2D eigenvalue weighted by molar-refractivity contribution is 0.0830. The quantitative estimate of drug-likeness (QED) is 0.420. The van der Waals surface area contributed by atoms with Gasteiger partial charge in [0.05, 0.1) is 12.7 Å². The molecule has 1 amide bonds. The van der Waals surface area contributed by atoms with Crippen LogP contribution in [0.2, 0.25) is 0 Å². The van der Waals surface area contributed by atoms with Crippen molar-refractivity contribution in [3.63, 3.8) is 0 Å². The van der Waals surface area contributed by atoms with E-state index in [9.17, 15) is 9.18 Å². The molecule has 0 radical (unpaired) electrons. The first kappa shape index (κ1) is 22.8. The largest absolute Gasteiger partial charge is 0.496 e. The van der Waals surface area contributed by atoms with E-state index in [1.807, 2.05) is 12.1 Å². The number of anilines is 1. The van der Waals surface area contributed by atoms with E-state index in [1.165, 1.54) is 12.1 Å². The van der Waals surface area contributed by atoms with Gasteiger partial charge in [0.15, 0.2) is 0 Å². The fourth-order valence-electron chi connectivity index (χ4n) is 3.81. The maximum absolute atomic E-state index is 13.0. The van der Waals surface area contributed by atoms with Crippen molar-refractivity contribution in [1.29, 1.82) is 0 Å². The van der Waals surface area contributed by atoms with Gasteiger partial charge in [0, 0.05) is 34.0 Å². The van der Waals surface area contributed by atoms with E-state index in [-0.39, 0.29) is 17.3 Å². The zero-order valence-electron chi connectivity index (χ0n) is 17.5. The van der Waals surface area contributed by atoms with Crippen LogP contribution in [-0.2, 0) is 6.42 Å². The van der Waals surface area contributed by atoms with Crippen molar-refractivity contribution in [1.82, 2.24) is 10.2 Å². The standard InChI is InChI=1S/C23H29FIN3O2/c1-23(27-22(29)18-14-19(25)20(26)15-21(18)30-2)9-12-28(13-10-23)11-3-4-16-5-7-17(24)8-6-16/h5-8,14-15H,3-4,9-13,26H2,1-2H3,(H,27,29). The molecular weight excluding hydrogens is 496 g/mol. The Kier molecular flexibility index (Phi) is 7.57. The summed E-state index contributed by atoms with van der Waals surface area (Å²) in [5.41, 5.74) is 7.96. The Bertz CT molecular complexity index is 881. The third-order valence-corrected chi connectivity index (χ3v) is 6.73. The number of nitrogens with one attached hydrogen (secondary N) is 1. The third-order valence-electron chi connectivity index (χ3n) is 5.79. The summed E-state index contributed by atoms with van der Waals surface area (Å²) >= 11 is 2.13. The molecule has 30 heavy (non-hydrogen) atoms. The number of nitrogens with zero attached hydrogens (tertiary/aromatic N) is 1. The van der Waals surface area contributed by atoms with Crippen molar-refractivity contribution in [3.8, 4) is 5.75 Å². The van der Waals surface area contributed by atoms with Crippen molar-refractivity contribution >= 4 is 34.2 Å². The monoisotopic (exact) mass is 525 g/mol. The summed E-state index contributed by atoms with van der Waals surface area (Å²) in [5, 5.41) is 3.22. The van der Waals surface area contributed by atoms with E-state index in [2.05, 4.69) is 39.7 Å². The summed E-state index contributed by atoms with van der Waals surface area (Å²) in [6.45, 7) is 4.99. The maximum atomic E-state index is 13.0. The predicted octanol–water partition coefficient (Wildman–Crippen LogP) is 4.24. The van der Waals surface area contributed by atoms with Crippen molar-refractivity contribution in [2.45, 2.75) is 38.1 Å². The van der Waals surface area contributed by atoms with E-state index < -0.39 is 0 Å². The van der Waals surface area contributed by atoms with Crippen molar-refractivity contribution < 1.29 is 13.9 Å². The second kappa shape index (κ2) is 9.96. The molecule has 1 heterocycles. The van der Waals surface area contributed by atoms with Gasteiger partial charge in [-0.3, -0.25) is 4.79 Å². The number of nitrogen functional groups attached to an aromatic ring is 1. The van der Waals surface area contributed by atoms with Gasteiger partial charge in [-0.1, -0.05) is 12.1 Å². The van der Waals surface area contributed by atoms with Gasteiger partial charge < -0.3 is 20.7 Å². The minimum Gasteiger partial charge on any atom is -0.496 e. The number of methoxy groups -OCH3 is 1. The number of carbonyl (C=O) groups excluding carboxylic acids is 1. The highest BCUT2D eigenvalue weighted by molar-refractivity contribution is 14.1. The summed E-state index contributed by atoms with van der Waals surface area (Å²) in [7, 11) is 1.55.